The van der Waals surface area contributed by atoms with Crippen molar-refractivity contribution in [2.75, 3.05) is 30.9 Å². The van der Waals surface area contributed by atoms with E-state index in [4.69, 9.17) is 16.3 Å². The number of carbonyl (C=O) groups is 2. The van der Waals surface area contributed by atoms with E-state index in [9.17, 15) is 9.59 Å². The Bertz CT molecular complexity index is 823. The summed E-state index contributed by atoms with van der Waals surface area (Å²) < 4.78 is 10.2. The molecule has 1 aromatic heterocycles. The molecule has 0 aliphatic carbocycles. The number of hydrogen-bond acceptors (Lipinski definition) is 7. The zero-order chi connectivity index (χ0) is 19.2. The predicted octanol–water partition coefficient (Wildman–Crippen LogP) is 2.76. The van der Waals surface area contributed by atoms with Crippen LogP contribution in [-0.2, 0) is 9.47 Å². The van der Waals surface area contributed by atoms with E-state index in [2.05, 4.69) is 25.3 Å². The molecule has 1 amide bonds. The van der Waals surface area contributed by atoms with E-state index in [1.807, 2.05) is 0 Å². The van der Waals surface area contributed by atoms with E-state index < -0.39 is 11.9 Å². The molecule has 0 spiro atoms. The van der Waals surface area contributed by atoms with Gasteiger partial charge in [-0.25, -0.2) is 14.8 Å². The van der Waals surface area contributed by atoms with Gasteiger partial charge in [0.15, 0.2) is 0 Å². The van der Waals surface area contributed by atoms with Crippen LogP contribution in [-0.4, -0.2) is 48.2 Å². The number of anilines is 2. The van der Waals surface area contributed by atoms with Crippen LogP contribution in [0.2, 0.25) is 5.02 Å². The van der Waals surface area contributed by atoms with Crippen LogP contribution in [0.1, 0.15) is 33.6 Å². The molecule has 0 saturated carbocycles. The summed E-state index contributed by atoms with van der Waals surface area (Å²) in [6.45, 7) is 1.41. The number of amides is 1. The Morgan fingerprint density at radius 2 is 2.07 bits per heavy atom. The molecule has 0 radical (unpaired) electrons. The highest BCUT2D eigenvalue weighted by Gasteiger charge is 2.16. The van der Waals surface area contributed by atoms with Crippen molar-refractivity contribution in [3.05, 3.63) is 46.7 Å². The molecule has 9 heteroatoms. The average molecular weight is 391 g/mol. The van der Waals surface area contributed by atoms with E-state index in [1.165, 1.54) is 37.7 Å². The van der Waals surface area contributed by atoms with Crippen molar-refractivity contribution in [1.82, 2.24) is 9.97 Å². The monoisotopic (exact) mass is 390 g/mol. The Balaban J connectivity index is 1.63. The number of nitrogens with one attached hydrogen (secondary N) is 2. The Hall–Kier alpha value is -2.71. The van der Waals surface area contributed by atoms with Crippen molar-refractivity contribution in [3.8, 4) is 0 Å². The molecule has 8 nitrogen and oxygen atoms in total. The molecule has 1 aromatic carbocycles. The largest absolute Gasteiger partial charge is 0.465 e. The minimum absolute atomic E-state index is 0.167. The average Bonchev–Trinajstić information content (AvgIpc) is 3.21. The van der Waals surface area contributed by atoms with Crippen molar-refractivity contribution >= 4 is 35.1 Å². The lowest BCUT2D eigenvalue weighted by molar-refractivity contribution is 0.0600. The fourth-order valence-electron chi connectivity index (χ4n) is 2.61. The summed E-state index contributed by atoms with van der Waals surface area (Å²) in [4.78, 5) is 32.3. The predicted molar refractivity (Wildman–Crippen MR) is 100 cm³/mol. The number of rotatable bonds is 6. The van der Waals surface area contributed by atoms with Crippen LogP contribution in [0.25, 0.3) is 0 Å². The van der Waals surface area contributed by atoms with Crippen LogP contribution in [0.5, 0.6) is 0 Å². The maximum Gasteiger partial charge on any atom is 0.337 e. The molecule has 27 heavy (non-hydrogen) atoms. The van der Waals surface area contributed by atoms with Gasteiger partial charge in [0.05, 0.1) is 35.1 Å². The van der Waals surface area contributed by atoms with Gasteiger partial charge in [-0.3, -0.25) is 4.79 Å². The third-order valence-corrected chi connectivity index (χ3v) is 4.39. The molecule has 3 rings (SSSR count). The summed E-state index contributed by atoms with van der Waals surface area (Å²) in [6.07, 6.45) is 5.07. The lowest BCUT2D eigenvalue weighted by atomic mass is 10.2. The molecule has 1 aliphatic heterocycles. The smallest absolute Gasteiger partial charge is 0.337 e. The second-order valence-corrected chi connectivity index (χ2v) is 6.36. The molecule has 2 N–H and O–H groups in total. The Morgan fingerprint density at radius 3 is 2.74 bits per heavy atom. The van der Waals surface area contributed by atoms with Crippen LogP contribution in [0.15, 0.2) is 30.6 Å². The van der Waals surface area contributed by atoms with E-state index in [-0.39, 0.29) is 17.2 Å². The molecule has 1 unspecified atom stereocenters. The lowest BCUT2D eigenvalue weighted by Crippen LogP contribution is -2.20. The van der Waals surface area contributed by atoms with Gasteiger partial charge < -0.3 is 20.1 Å². The van der Waals surface area contributed by atoms with E-state index in [0.29, 0.717) is 23.2 Å². The minimum Gasteiger partial charge on any atom is -0.465 e. The van der Waals surface area contributed by atoms with Gasteiger partial charge in [-0.1, -0.05) is 11.6 Å². The number of benzene rings is 1. The van der Waals surface area contributed by atoms with Gasteiger partial charge in [0.1, 0.15) is 0 Å². The third kappa shape index (κ3) is 4.93. The van der Waals surface area contributed by atoms with Crippen LogP contribution in [0.4, 0.5) is 11.6 Å². The zero-order valence-corrected chi connectivity index (χ0v) is 15.5. The van der Waals surface area contributed by atoms with E-state index >= 15 is 0 Å². The SMILES string of the molecule is COC(=O)c1ccc(Cl)c(NC(=O)c2cnc(NCC3CCCO3)nc2)c1. The molecular formula is C18H19ClN4O4. The highest BCUT2D eigenvalue weighted by molar-refractivity contribution is 6.34. The standard InChI is InChI=1S/C18H19ClN4O4/c1-26-17(25)11-4-5-14(19)15(7-11)23-16(24)12-8-20-18(21-9-12)22-10-13-3-2-6-27-13/h4-5,7-9,13H,2-3,6,10H2,1H3,(H,23,24)(H,20,21,22). The number of aromatic nitrogens is 2. The number of carbonyl (C=O) groups excluding carboxylic acids is 2. The van der Waals surface area contributed by atoms with Gasteiger partial charge in [-0.15, -0.1) is 0 Å². The van der Waals surface area contributed by atoms with Gasteiger partial charge in [0.25, 0.3) is 5.91 Å². The van der Waals surface area contributed by atoms with Crippen LogP contribution in [0.3, 0.4) is 0 Å². The second-order valence-electron chi connectivity index (χ2n) is 5.95. The van der Waals surface area contributed by atoms with Crippen molar-refractivity contribution in [1.29, 1.82) is 0 Å². The van der Waals surface area contributed by atoms with Crippen LogP contribution in [0, 0.1) is 0 Å². The fourth-order valence-corrected chi connectivity index (χ4v) is 2.77. The quantitative estimate of drug-likeness (QED) is 0.731. The van der Waals surface area contributed by atoms with Crippen LogP contribution < -0.4 is 10.6 Å². The first-order valence-corrected chi connectivity index (χ1v) is 8.81. The Morgan fingerprint density at radius 1 is 1.30 bits per heavy atom. The van der Waals surface area contributed by atoms with Gasteiger partial charge in [-0.2, -0.15) is 0 Å². The molecule has 142 valence electrons. The first-order chi connectivity index (χ1) is 13.1. The summed E-state index contributed by atoms with van der Waals surface area (Å²) >= 11 is 6.08. The zero-order valence-electron chi connectivity index (χ0n) is 14.7. The number of halogens is 1. The molecule has 0 bridgehead atoms. The van der Waals surface area contributed by atoms with Crippen molar-refractivity contribution in [2.24, 2.45) is 0 Å². The molecule has 2 aromatic rings. The summed E-state index contributed by atoms with van der Waals surface area (Å²) in [7, 11) is 1.28. The molecule has 1 fully saturated rings. The summed E-state index contributed by atoms with van der Waals surface area (Å²) in [6, 6.07) is 4.48. The Labute approximate surface area is 161 Å². The molecule has 2 heterocycles. The summed E-state index contributed by atoms with van der Waals surface area (Å²) in [5.41, 5.74) is 0.837. The highest BCUT2D eigenvalue weighted by atomic mass is 35.5. The second kappa shape index (κ2) is 8.79. The molecule has 1 saturated heterocycles. The van der Waals surface area contributed by atoms with Crippen molar-refractivity contribution < 1.29 is 19.1 Å². The topological polar surface area (TPSA) is 102 Å². The number of esters is 1. The normalized spacial score (nSPS) is 16.0. The van der Waals surface area contributed by atoms with Gasteiger partial charge in [0, 0.05) is 25.5 Å². The summed E-state index contributed by atoms with van der Waals surface area (Å²) in [5, 5.41) is 6.03. The third-order valence-electron chi connectivity index (χ3n) is 4.06. The number of nitrogens with zero attached hydrogens (tertiary/aromatic N) is 2. The van der Waals surface area contributed by atoms with Crippen LogP contribution >= 0.6 is 11.6 Å². The maximum atomic E-state index is 12.4. The maximum absolute atomic E-state index is 12.4. The van der Waals surface area contributed by atoms with E-state index in [1.54, 1.807) is 0 Å². The number of methoxy groups -OCH3 is 1. The molecule has 1 atom stereocenters. The van der Waals surface area contributed by atoms with Crippen molar-refractivity contribution in [2.45, 2.75) is 18.9 Å². The lowest BCUT2D eigenvalue weighted by Gasteiger charge is -2.11. The Kier molecular flexibility index (Phi) is 6.20. The molecule has 1 aliphatic rings. The summed E-state index contributed by atoms with van der Waals surface area (Å²) in [5.74, 6) is -0.537. The number of ether oxygens (including phenoxy) is 2. The van der Waals surface area contributed by atoms with Gasteiger partial charge >= 0.3 is 5.97 Å². The van der Waals surface area contributed by atoms with E-state index in [0.717, 1.165) is 19.4 Å². The number of hydrogen-bond donors (Lipinski definition) is 2. The first-order valence-electron chi connectivity index (χ1n) is 8.43. The van der Waals surface area contributed by atoms with Crippen molar-refractivity contribution in [3.63, 3.8) is 0 Å². The minimum atomic E-state index is -0.521. The molecular weight excluding hydrogens is 372 g/mol. The highest BCUT2D eigenvalue weighted by Crippen LogP contribution is 2.24. The fraction of sp³-hybridized carbons (Fsp3) is 0.333. The van der Waals surface area contributed by atoms with Gasteiger partial charge in [0.2, 0.25) is 5.95 Å². The van der Waals surface area contributed by atoms with Gasteiger partial charge in [-0.05, 0) is 31.0 Å². The first kappa shape index (κ1) is 19.1.